The fraction of sp³-hybridized carbons (Fsp3) is 0.381. The van der Waals surface area contributed by atoms with Crippen LogP contribution in [0.1, 0.15) is 5.56 Å². The van der Waals surface area contributed by atoms with Gasteiger partial charge in [0.25, 0.3) is 5.91 Å². The van der Waals surface area contributed by atoms with E-state index in [1.165, 1.54) is 12.1 Å². The predicted octanol–water partition coefficient (Wildman–Crippen LogP) is 5.17. The molecule has 0 spiro atoms. The van der Waals surface area contributed by atoms with Gasteiger partial charge in [0.05, 0.1) is 11.4 Å². The van der Waals surface area contributed by atoms with Crippen LogP contribution in [0.4, 0.5) is 23.2 Å². The van der Waals surface area contributed by atoms with Crippen LogP contribution in [0.5, 0.6) is 5.75 Å². The first kappa shape index (κ1) is 23.5. The molecule has 0 N–H and O–H groups in total. The number of carbonyl (C=O) groups excluding carboxylic acids is 1. The molecule has 4 nitrogen and oxygen atoms in total. The van der Waals surface area contributed by atoms with Crippen LogP contribution in [0.25, 0.3) is 0 Å². The number of hydrogen-bond acceptors (Lipinski definition) is 4. The Bertz CT molecular complexity index is 917. The largest absolute Gasteiger partial charge is 0.484 e. The van der Waals surface area contributed by atoms with Crippen LogP contribution in [0, 0.1) is 12.7 Å². The predicted molar refractivity (Wildman–Crippen MR) is 114 cm³/mol. The molecular weight excluding hydrogens is 456 g/mol. The summed E-state index contributed by atoms with van der Waals surface area (Å²) >= 11 is 6.46. The molecule has 1 aliphatic rings. The van der Waals surface area contributed by atoms with Gasteiger partial charge in [-0.2, -0.15) is 13.2 Å². The Kier molecular flexibility index (Phi) is 7.59. The summed E-state index contributed by atoms with van der Waals surface area (Å²) in [7, 11) is 0. The normalized spacial score (nSPS) is 14.6. The second-order valence-corrected chi connectivity index (χ2v) is 8.54. The molecule has 1 fully saturated rings. The van der Waals surface area contributed by atoms with E-state index in [4.69, 9.17) is 16.3 Å². The fourth-order valence-electron chi connectivity index (χ4n) is 3.16. The second-order valence-electron chi connectivity index (χ2n) is 7.08. The van der Waals surface area contributed by atoms with E-state index in [9.17, 15) is 22.4 Å². The van der Waals surface area contributed by atoms with Gasteiger partial charge in [-0.05, 0) is 48.9 Å². The monoisotopic (exact) mass is 476 g/mol. The van der Waals surface area contributed by atoms with Crippen LogP contribution < -0.4 is 9.64 Å². The highest BCUT2D eigenvalue weighted by atomic mass is 35.5. The SMILES string of the molecule is Cc1cc(F)c(N2CCN(C(=O)COc3ccc(Cl)cc3)CC2)cc1SCC(F)(F)F. The molecule has 0 aromatic heterocycles. The van der Waals surface area contributed by atoms with Crippen molar-refractivity contribution in [2.24, 2.45) is 0 Å². The van der Waals surface area contributed by atoms with Gasteiger partial charge in [0.2, 0.25) is 0 Å². The Morgan fingerprint density at radius 2 is 1.77 bits per heavy atom. The van der Waals surface area contributed by atoms with Crippen molar-refractivity contribution in [2.75, 3.05) is 43.4 Å². The van der Waals surface area contributed by atoms with E-state index in [0.717, 1.165) is 0 Å². The molecule has 1 saturated heterocycles. The summed E-state index contributed by atoms with van der Waals surface area (Å²) in [5, 5.41) is 0.568. The van der Waals surface area contributed by atoms with E-state index < -0.39 is 17.7 Å². The topological polar surface area (TPSA) is 32.8 Å². The number of ether oxygens (including phenoxy) is 1. The lowest BCUT2D eigenvalue weighted by molar-refractivity contribution is -0.133. The van der Waals surface area contributed by atoms with Crippen molar-refractivity contribution in [1.82, 2.24) is 4.90 Å². The molecular formula is C21H21ClF4N2O2S. The standard InChI is InChI=1S/C21H21ClF4N2O2S/c1-14-10-17(23)18(11-19(14)31-13-21(24,25)26)27-6-8-28(9-7-27)20(29)12-30-16-4-2-15(22)3-5-16/h2-5,10-11H,6-9,12-13H2,1H3. The van der Waals surface area contributed by atoms with Crippen molar-refractivity contribution in [2.45, 2.75) is 18.0 Å². The highest BCUT2D eigenvalue weighted by Gasteiger charge is 2.28. The fourth-order valence-corrected chi connectivity index (χ4v) is 4.09. The van der Waals surface area contributed by atoms with E-state index in [0.29, 0.717) is 59.2 Å². The number of rotatable bonds is 6. The van der Waals surface area contributed by atoms with Gasteiger partial charge < -0.3 is 14.5 Å². The van der Waals surface area contributed by atoms with E-state index in [-0.39, 0.29) is 18.2 Å². The zero-order valence-corrected chi connectivity index (χ0v) is 18.3. The van der Waals surface area contributed by atoms with Gasteiger partial charge in [0.15, 0.2) is 6.61 Å². The molecule has 0 atom stereocenters. The van der Waals surface area contributed by atoms with Gasteiger partial charge in [0, 0.05) is 36.1 Å². The van der Waals surface area contributed by atoms with Crippen molar-refractivity contribution < 1.29 is 27.1 Å². The van der Waals surface area contributed by atoms with Crippen molar-refractivity contribution in [3.05, 3.63) is 52.8 Å². The van der Waals surface area contributed by atoms with E-state index in [1.807, 2.05) is 0 Å². The summed E-state index contributed by atoms with van der Waals surface area (Å²) in [5.74, 6) is -1.18. The Morgan fingerprint density at radius 1 is 1.13 bits per heavy atom. The van der Waals surface area contributed by atoms with E-state index in [1.54, 1.807) is 41.0 Å². The zero-order chi connectivity index (χ0) is 22.6. The number of nitrogens with zero attached hydrogens (tertiary/aromatic N) is 2. The number of alkyl halides is 3. The van der Waals surface area contributed by atoms with Crippen LogP contribution in [0.2, 0.25) is 5.02 Å². The number of carbonyl (C=O) groups is 1. The summed E-state index contributed by atoms with van der Waals surface area (Å²) in [5.41, 5.74) is 0.712. The average Bonchev–Trinajstić information content (AvgIpc) is 2.72. The molecule has 0 radical (unpaired) electrons. The van der Waals surface area contributed by atoms with Gasteiger partial charge in [-0.3, -0.25) is 4.79 Å². The smallest absolute Gasteiger partial charge is 0.398 e. The Balaban J connectivity index is 1.57. The molecule has 0 saturated carbocycles. The molecule has 168 valence electrons. The number of benzene rings is 2. The molecule has 3 rings (SSSR count). The first-order valence-electron chi connectivity index (χ1n) is 9.53. The summed E-state index contributed by atoms with van der Waals surface area (Å²) in [6.07, 6.45) is -4.30. The van der Waals surface area contributed by atoms with Crippen molar-refractivity contribution >= 4 is 35.0 Å². The Labute approximate surface area is 187 Å². The molecule has 0 aliphatic carbocycles. The molecule has 2 aromatic rings. The van der Waals surface area contributed by atoms with Gasteiger partial charge in [0.1, 0.15) is 11.6 Å². The number of aryl methyl sites for hydroxylation is 1. The minimum Gasteiger partial charge on any atom is -0.484 e. The summed E-state index contributed by atoms with van der Waals surface area (Å²) in [6.45, 7) is 2.93. The van der Waals surface area contributed by atoms with Gasteiger partial charge >= 0.3 is 6.18 Å². The third-order valence-electron chi connectivity index (χ3n) is 4.78. The number of halogens is 5. The highest BCUT2D eigenvalue weighted by Crippen LogP contribution is 2.34. The summed E-state index contributed by atoms with van der Waals surface area (Å²) in [6, 6.07) is 9.38. The van der Waals surface area contributed by atoms with Crippen LogP contribution in [-0.4, -0.2) is 55.5 Å². The van der Waals surface area contributed by atoms with Crippen LogP contribution >= 0.6 is 23.4 Å². The molecule has 2 aromatic carbocycles. The van der Waals surface area contributed by atoms with Gasteiger partial charge in [-0.25, -0.2) is 4.39 Å². The molecule has 10 heteroatoms. The van der Waals surface area contributed by atoms with E-state index >= 15 is 0 Å². The lowest BCUT2D eigenvalue weighted by Gasteiger charge is -2.36. The molecule has 0 unspecified atom stereocenters. The first-order chi connectivity index (χ1) is 14.6. The molecule has 0 bridgehead atoms. The Morgan fingerprint density at radius 3 is 2.39 bits per heavy atom. The first-order valence-corrected chi connectivity index (χ1v) is 10.9. The number of amides is 1. The summed E-state index contributed by atoms with van der Waals surface area (Å²) < 4.78 is 57.6. The number of thioether (sulfide) groups is 1. The minimum absolute atomic E-state index is 0.126. The lowest BCUT2D eigenvalue weighted by Crippen LogP contribution is -2.50. The highest BCUT2D eigenvalue weighted by molar-refractivity contribution is 7.99. The van der Waals surface area contributed by atoms with Crippen molar-refractivity contribution in [3.8, 4) is 5.75 Å². The van der Waals surface area contributed by atoms with Crippen LogP contribution in [0.3, 0.4) is 0 Å². The van der Waals surface area contributed by atoms with Crippen molar-refractivity contribution in [1.29, 1.82) is 0 Å². The van der Waals surface area contributed by atoms with Gasteiger partial charge in [-0.15, -0.1) is 11.8 Å². The van der Waals surface area contributed by atoms with Crippen LogP contribution in [-0.2, 0) is 4.79 Å². The van der Waals surface area contributed by atoms with Gasteiger partial charge in [-0.1, -0.05) is 11.6 Å². The van der Waals surface area contributed by atoms with Crippen molar-refractivity contribution in [3.63, 3.8) is 0 Å². The third-order valence-corrected chi connectivity index (χ3v) is 6.26. The Hall–Kier alpha value is -2.13. The third kappa shape index (κ3) is 6.67. The lowest BCUT2D eigenvalue weighted by atomic mass is 10.2. The number of piperazine rings is 1. The maximum absolute atomic E-state index is 14.5. The quantitative estimate of drug-likeness (QED) is 0.425. The zero-order valence-electron chi connectivity index (χ0n) is 16.7. The minimum atomic E-state index is -4.30. The summed E-state index contributed by atoms with van der Waals surface area (Å²) in [4.78, 5) is 16.2. The van der Waals surface area contributed by atoms with Crippen LogP contribution in [0.15, 0.2) is 41.3 Å². The number of anilines is 1. The maximum Gasteiger partial charge on any atom is 0.398 e. The molecule has 1 aliphatic heterocycles. The number of hydrogen-bond donors (Lipinski definition) is 0. The maximum atomic E-state index is 14.5. The second kappa shape index (κ2) is 9.99. The molecule has 31 heavy (non-hydrogen) atoms. The van der Waals surface area contributed by atoms with E-state index in [2.05, 4.69) is 0 Å². The molecule has 1 amide bonds. The molecule has 1 heterocycles. The average molecular weight is 477 g/mol.